The molecule has 0 bridgehead atoms. The number of ether oxygens (including phenoxy) is 1. The van der Waals surface area contributed by atoms with Gasteiger partial charge in [0.15, 0.2) is 0 Å². The standard InChI is InChI=1S/C10H13NO4/c1-2-15-6-5-11-7-8(10(13)14)3-4-9(11)12/h3-4,7H,2,5-6H2,1H3,(H,13,14). The van der Waals surface area contributed by atoms with Crippen molar-refractivity contribution in [3.05, 3.63) is 34.2 Å². The Morgan fingerprint density at radius 3 is 2.87 bits per heavy atom. The summed E-state index contributed by atoms with van der Waals surface area (Å²) in [4.78, 5) is 22.0. The first-order valence-corrected chi connectivity index (χ1v) is 4.66. The summed E-state index contributed by atoms with van der Waals surface area (Å²) in [6, 6.07) is 2.54. The van der Waals surface area contributed by atoms with Gasteiger partial charge in [0.25, 0.3) is 5.56 Å². The maximum atomic E-state index is 11.3. The molecule has 0 aliphatic heterocycles. The smallest absolute Gasteiger partial charge is 0.337 e. The van der Waals surface area contributed by atoms with Gasteiger partial charge in [0.05, 0.1) is 12.2 Å². The van der Waals surface area contributed by atoms with Crippen molar-refractivity contribution < 1.29 is 14.6 Å². The van der Waals surface area contributed by atoms with Crippen molar-refractivity contribution in [2.75, 3.05) is 13.2 Å². The minimum absolute atomic E-state index is 0.103. The highest BCUT2D eigenvalue weighted by Gasteiger charge is 2.04. The Hall–Kier alpha value is -1.62. The van der Waals surface area contributed by atoms with Crippen molar-refractivity contribution in [3.8, 4) is 0 Å². The number of carbonyl (C=O) groups is 1. The van der Waals surface area contributed by atoms with E-state index in [-0.39, 0.29) is 11.1 Å². The molecule has 0 radical (unpaired) electrons. The second kappa shape index (κ2) is 5.31. The van der Waals surface area contributed by atoms with Gasteiger partial charge in [-0.25, -0.2) is 4.79 Å². The number of carboxylic acids is 1. The summed E-state index contributed by atoms with van der Waals surface area (Å²) in [6.07, 6.45) is 1.32. The number of hydrogen-bond acceptors (Lipinski definition) is 3. The molecule has 1 aromatic rings. The summed E-state index contributed by atoms with van der Waals surface area (Å²) in [7, 11) is 0. The molecule has 0 spiro atoms. The van der Waals surface area contributed by atoms with E-state index >= 15 is 0 Å². The number of rotatable bonds is 5. The van der Waals surface area contributed by atoms with Crippen LogP contribution in [0.5, 0.6) is 0 Å². The Labute approximate surface area is 86.9 Å². The molecule has 0 aliphatic carbocycles. The molecule has 0 amide bonds. The molecule has 1 heterocycles. The topological polar surface area (TPSA) is 68.5 Å². The molecule has 0 aromatic carbocycles. The van der Waals surface area contributed by atoms with Gasteiger partial charge in [-0.05, 0) is 13.0 Å². The van der Waals surface area contributed by atoms with Crippen LogP contribution in [0.4, 0.5) is 0 Å². The van der Waals surface area contributed by atoms with Gasteiger partial charge in [0.2, 0.25) is 0 Å². The molecule has 5 heteroatoms. The first-order valence-electron chi connectivity index (χ1n) is 4.66. The molecule has 1 rings (SSSR count). The predicted octanol–water partition coefficient (Wildman–Crippen LogP) is 0.583. The summed E-state index contributed by atoms with van der Waals surface area (Å²) < 4.78 is 6.42. The SMILES string of the molecule is CCOCCn1cc(C(=O)O)ccc1=O. The Kier molecular flexibility index (Phi) is 4.05. The number of nitrogens with zero attached hydrogens (tertiary/aromatic N) is 1. The first kappa shape index (κ1) is 11.5. The van der Waals surface area contributed by atoms with Gasteiger partial charge >= 0.3 is 5.97 Å². The van der Waals surface area contributed by atoms with E-state index in [1.54, 1.807) is 0 Å². The van der Waals surface area contributed by atoms with Gasteiger partial charge in [-0.1, -0.05) is 0 Å². The summed E-state index contributed by atoms with van der Waals surface area (Å²) >= 11 is 0. The maximum Gasteiger partial charge on any atom is 0.337 e. The molecule has 82 valence electrons. The van der Waals surface area contributed by atoms with Crippen LogP contribution in [0.15, 0.2) is 23.1 Å². The monoisotopic (exact) mass is 211 g/mol. The average Bonchev–Trinajstić information content (AvgIpc) is 2.20. The van der Waals surface area contributed by atoms with Crippen LogP contribution in [0.2, 0.25) is 0 Å². The van der Waals surface area contributed by atoms with Crippen LogP contribution in [0.25, 0.3) is 0 Å². The molecule has 0 saturated heterocycles. The lowest BCUT2D eigenvalue weighted by Gasteiger charge is -2.06. The third-order valence-corrected chi connectivity index (χ3v) is 1.91. The van der Waals surface area contributed by atoms with Crippen LogP contribution in [0, 0.1) is 0 Å². The average molecular weight is 211 g/mol. The Balaban J connectivity index is 2.81. The Bertz CT molecular complexity index is 397. The molecule has 0 aliphatic rings. The normalized spacial score (nSPS) is 10.2. The van der Waals surface area contributed by atoms with E-state index in [0.717, 1.165) is 0 Å². The van der Waals surface area contributed by atoms with E-state index in [9.17, 15) is 9.59 Å². The van der Waals surface area contributed by atoms with Crippen molar-refractivity contribution in [1.29, 1.82) is 0 Å². The van der Waals surface area contributed by atoms with Crippen LogP contribution in [0.1, 0.15) is 17.3 Å². The lowest BCUT2D eigenvalue weighted by atomic mass is 10.3. The van der Waals surface area contributed by atoms with Crippen LogP contribution in [-0.4, -0.2) is 28.9 Å². The van der Waals surface area contributed by atoms with Crippen molar-refractivity contribution in [2.24, 2.45) is 0 Å². The number of carboxylic acid groups (broad SMARTS) is 1. The van der Waals surface area contributed by atoms with Crippen LogP contribution < -0.4 is 5.56 Å². The minimum Gasteiger partial charge on any atom is -0.478 e. The molecule has 0 unspecified atom stereocenters. The van der Waals surface area contributed by atoms with Crippen molar-refractivity contribution in [1.82, 2.24) is 4.57 Å². The van der Waals surface area contributed by atoms with Gasteiger partial charge < -0.3 is 14.4 Å². The number of aromatic carboxylic acids is 1. The lowest BCUT2D eigenvalue weighted by molar-refractivity contribution is 0.0695. The zero-order valence-corrected chi connectivity index (χ0v) is 8.47. The molecular weight excluding hydrogens is 198 g/mol. The highest BCUT2D eigenvalue weighted by molar-refractivity contribution is 5.87. The largest absolute Gasteiger partial charge is 0.478 e. The van der Waals surface area contributed by atoms with Gasteiger partial charge in [0.1, 0.15) is 0 Å². The summed E-state index contributed by atoms with van der Waals surface area (Å²) in [5, 5.41) is 8.73. The van der Waals surface area contributed by atoms with Gasteiger partial charge in [-0.3, -0.25) is 4.79 Å². The van der Waals surface area contributed by atoms with E-state index in [0.29, 0.717) is 19.8 Å². The van der Waals surface area contributed by atoms with Gasteiger partial charge in [-0.2, -0.15) is 0 Å². The van der Waals surface area contributed by atoms with E-state index in [2.05, 4.69) is 0 Å². The van der Waals surface area contributed by atoms with E-state index in [4.69, 9.17) is 9.84 Å². The van der Waals surface area contributed by atoms with Crippen LogP contribution in [-0.2, 0) is 11.3 Å². The van der Waals surface area contributed by atoms with Crippen molar-refractivity contribution in [3.63, 3.8) is 0 Å². The highest BCUT2D eigenvalue weighted by atomic mass is 16.5. The Morgan fingerprint density at radius 2 is 2.27 bits per heavy atom. The van der Waals surface area contributed by atoms with Crippen LogP contribution >= 0.6 is 0 Å². The molecule has 0 atom stereocenters. The molecule has 1 N–H and O–H groups in total. The van der Waals surface area contributed by atoms with E-state index in [1.807, 2.05) is 6.92 Å². The fraction of sp³-hybridized carbons (Fsp3) is 0.400. The zero-order chi connectivity index (χ0) is 11.3. The fourth-order valence-corrected chi connectivity index (χ4v) is 1.14. The molecule has 0 saturated carbocycles. The first-order chi connectivity index (χ1) is 7.15. The van der Waals surface area contributed by atoms with Crippen molar-refractivity contribution in [2.45, 2.75) is 13.5 Å². The van der Waals surface area contributed by atoms with Gasteiger partial charge in [-0.15, -0.1) is 0 Å². The number of hydrogen-bond donors (Lipinski definition) is 1. The fourth-order valence-electron chi connectivity index (χ4n) is 1.14. The predicted molar refractivity (Wildman–Crippen MR) is 54.2 cm³/mol. The quantitative estimate of drug-likeness (QED) is 0.723. The molecule has 15 heavy (non-hydrogen) atoms. The number of aromatic nitrogens is 1. The minimum atomic E-state index is -1.04. The summed E-state index contributed by atoms with van der Waals surface area (Å²) in [5.41, 5.74) is -0.120. The molecule has 1 aromatic heterocycles. The molecular formula is C10H13NO4. The molecule has 0 fully saturated rings. The number of pyridine rings is 1. The summed E-state index contributed by atoms with van der Waals surface area (Å²) in [5.74, 6) is -1.04. The van der Waals surface area contributed by atoms with Crippen molar-refractivity contribution >= 4 is 5.97 Å². The van der Waals surface area contributed by atoms with Crippen LogP contribution in [0.3, 0.4) is 0 Å². The second-order valence-corrected chi connectivity index (χ2v) is 2.95. The van der Waals surface area contributed by atoms with E-state index < -0.39 is 5.97 Å². The maximum absolute atomic E-state index is 11.3. The lowest BCUT2D eigenvalue weighted by Crippen LogP contribution is -2.22. The molecule has 5 nitrogen and oxygen atoms in total. The summed E-state index contributed by atoms with van der Waals surface area (Å²) in [6.45, 7) is 3.21. The van der Waals surface area contributed by atoms with Gasteiger partial charge in [0, 0.05) is 25.4 Å². The van der Waals surface area contributed by atoms with E-state index in [1.165, 1.54) is 22.9 Å². The highest BCUT2D eigenvalue weighted by Crippen LogP contribution is 1.95. The second-order valence-electron chi connectivity index (χ2n) is 2.95. The third-order valence-electron chi connectivity index (χ3n) is 1.91. The Morgan fingerprint density at radius 1 is 1.53 bits per heavy atom. The third kappa shape index (κ3) is 3.21. The zero-order valence-electron chi connectivity index (χ0n) is 8.47.